The number of benzene rings is 1. The Hall–Kier alpha value is -3.54. The topological polar surface area (TPSA) is 109 Å². The molecule has 2 aromatic heterocycles. The number of hydrogen-bond acceptors (Lipinski definition) is 7. The van der Waals surface area contributed by atoms with E-state index in [0.717, 1.165) is 30.7 Å². The van der Waals surface area contributed by atoms with E-state index in [-0.39, 0.29) is 48.8 Å². The molecule has 0 radical (unpaired) electrons. The molecule has 208 valence electrons. The summed E-state index contributed by atoms with van der Waals surface area (Å²) in [5.41, 5.74) is 5.72. The average Bonchev–Trinajstić information content (AvgIpc) is 2.89. The molecular formula is C28H31F3N4O4. The standard InChI is InChI=1S/C28H31F3N4O4/c1-15(2)24-10-16(32)11-25(39-24)18-6-7-33-14-23(18)35-28(36)22-5-4-19(29)27(34-22)26-20(30)12-17(13-21(26)31)38-9-8-37-3/h4-7,12-16,24-25H,8-11,32H2,1-3H3,(H,35,36). The predicted octanol–water partition coefficient (Wildman–Crippen LogP) is 5.04. The molecule has 1 fully saturated rings. The summed E-state index contributed by atoms with van der Waals surface area (Å²) < 4.78 is 60.7. The molecule has 3 heterocycles. The van der Waals surface area contributed by atoms with Gasteiger partial charge in [-0.1, -0.05) is 13.8 Å². The molecule has 1 aliphatic rings. The molecule has 4 rings (SSSR count). The second-order valence-corrected chi connectivity index (χ2v) is 9.69. The number of amides is 1. The minimum absolute atomic E-state index is 0.0432. The van der Waals surface area contributed by atoms with E-state index in [2.05, 4.69) is 29.1 Å². The van der Waals surface area contributed by atoms with Gasteiger partial charge in [-0.05, 0) is 37.0 Å². The summed E-state index contributed by atoms with van der Waals surface area (Å²) in [4.78, 5) is 21.2. The number of anilines is 1. The maximum Gasteiger partial charge on any atom is 0.274 e. The first kappa shape index (κ1) is 28.5. The van der Waals surface area contributed by atoms with Crippen LogP contribution in [-0.2, 0) is 9.47 Å². The number of aromatic nitrogens is 2. The highest BCUT2D eigenvalue weighted by atomic mass is 19.1. The van der Waals surface area contributed by atoms with Crippen molar-refractivity contribution in [3.05, 3.63) is 71.4 Å². The molecule has 0 bridgehead atoms. The molecule has 3 unspecified atom stereocenters. The zero-order chi connectivity index (χ0) is 28.1. The molecule has 39 heavy (non-hydrogen) atoms. The van der Waals surface area contributed by atoms with Crippen molar-refractivity contribution in [1.29, 1.82) is 0 Å². The first-order valence-corrected chi connectivity index (χ1v) is 12.6. The van der Waals surface area contributed by atoms with Crippen LogP contribution in [0.25, 0.3) is 11.3 Å². The number of nitrogens with two attached hydrogens (primary N) is 1. The van der Waals surface area contributed by atoms with Crippen molar-refractivity contribution in [1.82, 2.24) is 9.97 Å². The van der Waals surface area contributed by atoms with Crippen molar-refractivity contribution in [3.63, 3.8) is 0 Å². The van der Waals surface area contributed by atoms with E-state index in [4.69, 9.17) is 19.9 Å². The van der Waals surface area contributed by atoms with E-state index in [1.165, 1.54) is 13.3 Å². The Morgan fingerprint density at radius 3 is 2.56 bits per heavy atom. The number of nitrogens with zero attached hydrogens (tertiary/aromatic N) is 2. The summed E-state index contributed by atoms with van der Waals surface area (Å²) >= 11 is 0. The van der Waals surface area contributed by atoms with Crippen LogP contribution in [0.15, 0.2) is 42.7 Å². The smallest absolute Gasteiger partial charge is 0.274 e. The van der Waals surface area contributed by atoms with Crippen LogP contribution in [0.4, 0.5) is 18.9 Å². The molecule has 1 saturated heterocycles. The number of ether oxygens (including phenoxy) is 3. The summed E-state index contributed by atoms with van der Waals surface area (Å²) in [5.74, 6) is -3.73. The van der Waals surface area contributed by atoms with Gasteiger partial charge < -0.3 is 25.3 Å². The van der Waals surface area contributed by atoms with E-state index in [1.54, 1.807) is 12.3 Å². The lowest BCUT2D eigenvalue weighted by molar-refractivity contribution is -0.0787. The third-order valence-electron chi connectivity index (χ3n) is 6.47. The highest BCUT2D eigenvalue weighted by molar-refractivity contribution is 6.03. The summed E-state index contributed by atoms with van der Waals surface area (Å²) in [6, 6.07) is 5.56. The van der Waals surface area contributed by atoms with Gasteiger partial charge >= 0.3 is 0 Å². The van der Waals surface area contributed by atoms with Crippen LogP contribution in [-0.4, -0.2) is 48.3 Å². The Morgan fingerprint density at radius 1 is 1.13 bits per heavy atom. The molecule has 3 aromatic rings. The molecule has 1 aliphatic heterocycles. The van der Waals surface area contributed by atoms with Crippen LogP contribution in [0.5, 0.6) is 5.75 Å². The maximum atomic E-state index is 14.9. The van der Waals surface area contributed by atoms with Crippen molar-refractivity contribution in [2.45, 2.75) is 44.9 Å². The predicted molar refractivity (Wildman–Crippen MR) is 139 cm³/mol. The van der Waals surface area contributed by atoms with Gasteiger partial charge in [0, 0.05) is 37.0 Å². The molecule has 0 saturated carbocycles. The zero-order valence-corrected chi connectivity index (χ0v) is 21.9. The van der Waals surface area contributed by atoms with Gasteiger partial charge in [0.1, 0.15) is 41.2 Å². The van der Waals surface area contributed by atoms with E-state index in [1.807, 2.05) is 0 Å². The molecule has 3 N–H and O–H groups in total. The number of rotatable bonds is 9. The van der Waals surface area contributed by atoms with Crippen LogP contribution >= 0.6 is 0 Å². The summed E-state index contributed by atoms with van der Waals surface area (Å²) in [5, 5.41) is 2.72. The molecule has 8 nitrogen and oxygen atoms in total. The van der Waals surface area contributed by atoms with Crippen molar-refractivity contribution in [2.24, 2.45) is 11.7 Å². The SMILES string of the molecule is COCCOc1cc(F)c(-c2nc(C(=O)Nc3cnccc3C3CC(N)CC(C(C)C)O3)ccc2F)c(F)c1. The third-order valence-corrected chi connectivity index (χ3v) is 6.47. The monoisotopic (exact) mass is 544 g/mol. The Bertz CT molecular complexity index is 1300. The molecule has 1 amide bonds. The minimum atomic E-state index is -1.09. The van der Waals surface area contributed by atoms with Gasteiger partial charge in [-0.25, -0.2) is 18.2 Å². The van der Waals surface area contributed by atoms with Gasteiger partial charge in [-0.15, -0.1) is 0 Å². The fourth-order valence-electron chi connectivity index (χ4n) is 4.44. The molecule has 0 aliphatic carbocycles. The number of halogens is 3. The summed E-state index contributed by atoms with van der Waals surface area (Å²) in [7, 11) is 1.46. The lowest BCUT2D eigenvalue weighted by Gasteiger charge is -2.36. The maximum absolute atomic E-state index is 14.9. The Balaban J connectivity index is 1.59. The average molecular weight is 545 g/mol. The van der Waals surface area contributed by atoms with E-state index in [0.29, 0.717) is 17.7 Å². The highest BCUT2D eigenvalue weighted by Crippen LogP contribution is 2.37. The van der Waals surface area contributed by atoms with Gasteiger partial charge in [0.15, 0.2) is 0 Å². The number of hydrogen-bond donors (Lipinski definition) is 2. The normalized spacial score (nSPS) is 19.2. The quantitative estimate of drug-likeness (QED) is 0.363. The van der Waals surface area contributed by atoms with Crippen LogP contribution in [0.1, 0.15) is 48.8 Å². The number of methoxy groups -OCH3 is 1. The van der Waals surface area contributed by atoms with E-state index in [9.17, 15) is 18.0 Å². The number of nitrogens with one attached hydrogen (secondary N) is 1. The summed E-state index contributed by atoms with van der Waals surface area (Å²) in [6.07, 6.45) is 3.92. The minimum Gasteiger partial charge on any atom is -0.491 e. The van der Waals surface area contributed by atoms with Gasteiger partial charge in [0.2, 0.25) is 0 Å². The summed E-state index contributed by atoms with van der Waals surface area (Å²) in [6.45, 7) is 4.40. The van der Waals surface area contributed by atoms with Crippen molar-refractivity contribution < 1.29 is 32.2 Å². The molecule has 0 spiro atoms. The Morgan fingerprint density at radius 2 is 1.87 bits per heavy atom. The van der Waals surface area contributed by atoms with Crippen LogP contribution in [0.3, 0.4) is 0 Å². The molecule has 11 heteroatoms. The lowest BCUT2D eigenvalue weighted by Crippen LogP contribution is -2.39. The zero-order valence-electron chi connectivity index (χ0n) is 21.9. The lowest BCUT2D eigenvalue weighted by atomic mass is 9.90. The molecule has 1 aromatic carbocycles. The Labute approximate surface area is 224 Å². The second kappa shape index (κ2) is 12.5. The van der Waals surface area contributed by atoms with Gasteiger partial charge in [-0.3, -0.25) is 9.78 Å². The van der Waals surface area contributed by atoms with Gasteiger partial charge in [0.05, 0.1) is 36.3 Å². The number of carbonyl (C=O) groups excluding carboxylic acids is 1. The first-order chi connectivity index (χ1) is 18.7. The second-order valence-electron chi connectivity index (χ2n) is 9.69. The third kappa shape index (κ3) is 6.73. The fraction of sp³-hybridized carbons (Fsp3) is 0.393. The number of pyridine rings is 2. The van der Waals surface area contributed by atoms with E-state index < -0.39 is 34.6 Å². The highest BCUT2D eigenvalue weighted by Gasteiger charge is 2.32. The molecular weight excluding hydrogens is 513 g/mol. The van der Waals surface area contributed by atoms with Crippen molar-refractivity contribution in [2.75, 3.05) is 25.6 Å². The van der Waals surface area contributed by atoms with Crippen LogP contribution < -0.4 is 15.8 Å². The Kier molecular flexibility index (Phi) is 9.16. The van der Waals surface area contributed by atoms with Gasteiger partial charge in [-0.2, -0.15) is 0 Å². The van der Waals surface area contributed by atoms with E-state index >= 15 is 0 Å². The van der Waals surface area contributed by atoms with Crippen LogP contribution in [0.2, 0.25) is 0 Å². The fourth-order valence-corrected chi connectivity index (χ4v) is 4.44. The van der Waals surface area contributed by atoms with Crippen LogP contribution in [0, 0.1) is 23.4 Å². The van der Waals surface area contributed by atoms with Gasteiger partial charge in [0.25, 0.3) is 5.91 Å². The number of carbonyl (C=O) groups is 1. The van der Waals surface area contributed by atoms with Crippen molar-refractivity contribution in [3.8, 4) is 17.0 Å². The molecule has 3 atom stereocenters. The first-order valence-electron chi connectivity index (χ1n) is 12.6. The van der Waals surface area contributed by atoms with Crippen molar-refractivity contribution >= 4 is 11.6 Å². The largest absolute Gasteiger partial charge is 0.491 e.